The third-order valence-electron chi connectivity index (χ3n) is 5.24. The molecular formula is C19H19N7O7S2. The van der Waals surface area contributed by atoms with Gasteiger partial charge in [0.25, 0.3) is 5.91 Å². The van der Waals surface area contributed by atoms with Crippen LogP contribution in [0.3, 0.4) is 0 Å². The van der Waals surface area contributed by atoms with Gasteiger partial charge in [-0.1, -0.05) is 23.9 Å². The lowest BCUT2D eigenvalue weighted by atomic mass is 10.0. The number of fused-ring (bicyclic) bond motifs is 1. The van der Waals surface area contributed by atoms with Gasteiger partial charge in [-0.2, -0.15) is 0 Å². The number of phenols is 1. The lowest BCUT2D eigenvalue weighted by Crippen LogP contribution is -2.71. The molecule has 1 unspecified atom stereocenters. The number of thioether (sulfide) groups is 2. The maximum atomic E-state index is 12.8. The Hall–Kier alpha value is -3.63. The Bertz CT molecular complexity index is 1220. The summed E-state index contributed by atoms with van der Waals surface area (Å²) in [4.78, 5) is 49.5. The lowest BCUT2D eigenvalue weighted by molar-refractivity contribution is -0.150. The molecule has 0 bridgehead atoms. The molecule has 0 spiro atoms. The molecule has 2 aromatic rings. The number of carbonyl (C=O) groups is 4. The van der Waals surface area contributed by atoms with Gasteiger partial charge in [0.1, 0.15) is 35.4 Å². The first-order valence-electron chi connectivity index (χ1n) is 10.0. The van der Waals surface area contributed by atoms with Gasteiger partial charge in [-0.25, -0.2) is 9.48 Å². The zero-order chi connectivity index (χ0) is 25.3. The van der Waals surface area contributed by atoms with Crippen LogP contribution in [0.2, 0.25) is 0 Å². The van der Waals surface area contributed by atoms with Crippen molar-refractivity contribution in [3.63, 3.8) is 0 Å². The average Bonchev–Trinajstić information content (AvgIpc) is 3.26. The molecule has 1 aromatic heterocycles. The quantitative estimate of drug-likeness (QED) is 0.198. The van der Waals surface area contributed by atoms with Gasteiger partial charge in [0, 0.05) is 11.5 Å². The molecule has 16 heteroatoms. The van der Waals surface area contributed by atoms with Gasteiger partial charge in [0.15, 0.2) is 0 Å². The van der Waals surface area contributed by atoms with E-state index in [1.54, 1.807) is 0 Å². The van der Waals surface area contributed by atoms with Crippen LogP contribution < -0.4 is 11.1 Å². The predicted molar refractivity (Wildman–Crippen MR) is 121 cm³/mol. The Labute approximate surface area is 205 Å². The molecule has 2 aliphatic rings. The van der Waals surface area contributed by atoms with Crippen molar-refractivity contribution < 1.29 is 34.5 Å². The molecule has 6 N–H and O–H groups in total. The van der Waals surface area contributed by atoms with Crippen LogP contribution in [0.15, 0.2) is 40.7 Å². The SMILES string of the molecule is NC(C(=O)N[C@@H]1C(=O)N2C(C(=O)O)=C(CSc3nnnn3CC(=O)O)CS[C@H]12)c1ccc(O)cc1. The molecule has 0 radical (unpaired) electrons. The number of nitrogens with one attached hydrogen (secondary N) is 1. The van der Waals surface area contributed by atoms with Gasteiger partial charge < -0.3 is 26.4 Å². The summed E-state index contributed by atoms with van der Waals surface area (Å²) in [6, 6.07) is 3.74. The summed E-state index contributed by atoms with van der Waals surface area (Å²) in [5.74, 6) is -3.22. The molecule has 184 valence electrons. The Morgan fingerprint density at radius 1 is 1.26 bits per heavy atom. The molecule has 1 fully saturated rings. The van der Waals surface area contributed by atoms with Crippen LogP contribution in [0, 0.1) is 0 Å². The van der Waals surface area contributed by atoms with E-state index in [4.69, 9.17) is 10.8 Å². The first-order chi connectivity index (χ1) is 16.7. The van der Waals surface area contributed by atoms with E-state index in [2.05, 4.69) is 20.8 Å². The average molecular weight is 522 g/mol. The minimum atomic E-state index is -1.30. The van der Waals surface area contributed by atoms with Gasteiger partial charge in [-0.05, 0) is 33.7 Å². The highest BCUT2D eigenvalue weighted by Gasteiger charge is 2.54. The second-order valence-corrected chi connectivity index (χ2v) is 9.57. The van der Waals surface area contributed by atoms with Crippen LogP contribution in [-0.4, -0.2) is 87.1 Å². The minimum Gasteiger partial charge on any atom is -0.508 e. The molecule has 14 nitrogen and oxygen atoms in total. The number of tetrazole rings is 1. The molecule has 3 heterocycles. The van der Waals surface area contributed by atoms with E-state index < -0.39 is 47.8 Å². The molecule has 2 amide bonds. The standard InChI is InChI=1S/C19H19N7O7S2/c20-12(8-1-3-10(27)4-2-8)15(30)21-13-16(31)26-14(18(32)33)9(6-34-17(13)26)7-35-19-22-23-24-25(19)5-11(28)29/h1-4,12-13,17,27H,5-7,20H2,(H,21,30)(H,28,29)(H,32,33)/t12?,13-,17-/m1/s1. The number of carbonyl (C=O) groups excluding carboxylic acids is 2. The number of nitrogens with two attached hydrogens (primary N) is 1. The zero-order valence-electron chi connectivity index (χ0n) is 17.8. The summed E-state index contributed by atoms with van der Waals surface area (Å²) in [7, 11) is 0. The molecule has 1 aromatic carbocycles. The number of phenolic OH excluding ortho intramolecular Hbond substituents is 1. The van der Waals surface area contributed by atoms with E-state index >= 15 is 0 Å². The number of aliphatic carboxylic acids is 2. The van der Waals surface area contributed by atoms with Crippen molar-refractivity contribution in [2.75, 3.05) is 11.5 Å². The summed E-state index contributed by atoms with van der Waals surface area (Å²) in [5, 5.41) is 41.0. The molecule has 0 aliphatic carbocycles. The Balaban J connectivity index is 1.45. The van der Waals surface area contributed by atoms with Crippen molar-refractivity contribution in [2.45, 2.75) is 29.2 Å². The number of aromatic hydroxyl groups is 1. The fraction of sp³-hybridized carbons (Fsp3) is 0.316. The monoisotopic (exact) mass is 521 g/mol. The number of aromatic nitrogens is 4. The normalized spacial score (nSPS) is 20.1. The number of β-lactam (4-membered cyclic amide) rings is 1. The first-order valence-corrected chi connectivity index (χ1v) is 12.1. The van der Waals surface area contributed by atoms with Gasteiger partial charge in [-0.3, -0.25) is 19.3 Å². The number of carboxylic acid groups (broad SMARTS) is 2. The van der Waals surface area contributed by atoms with Crippen molar-refractivity contribution in [3.8, 4) is 5.75 Å². The van der Waals surface area contributed by atoms with Gasteiger partial charge in [0.05, 0.1) is 0 Å². The fourth-order valence-electron chi connectivity index (χ4n) is 3.55. The Morgan fingerprint density at radius 2 is 1.97 bits per heavy atom. The predicted octanol–water partition coefficient (Wildman–Crippen LogP) is -1.01. The number of amides is 2. The summed E-state index contributed by atoms with van der Waals surface area (Å²) < 4.78 is 1.07. The fourth-order valence-corrected chi connectivity index (χ4v) is 5.91. The van der Waals surface area contributed by atoms with E-state index in [1.165, 1.54) is 36.0 Å². The number of rotatable bonds is 9. The molecular weight excluding hydrogens is 502 g/mol. The van der Waals surface area contributed by atoms with Crippen LogP contribution in [0.1, 0.15) is 11.6 Å². The highest BCUT2D eigenvalue weighted by Crippen LogP contribution is 2.41. The topological polar surface area (TPSA) is 214 Å². The van der Waals surface area contributed by atoms with Crippen LogP contribution >= 0.6 is 23.5 Å². The number of hydrogen-bond acceptors (Lipinski definition) is 11. The van der Waals surface area contributed by atoms with Crippen molar-refractivity contribution in [1.29, 1.82) is 0 Å². The lowest BCUT2D eigenvalue weighted by Gasteiger charge is -2.49. The maximum Gasteiger partial charge on any atom is 0.352 e. The molecule has 3 atom stereocenters. The van der Waals surface area contributed by atoms with Gasteiger partial charge in [0.2, 0.25) is 11.1 Å². The van der Waals surface area contributed by atoms with E-state index in [0.717, 1.165) is 21.3 Å². The molecule has 2 aliphatic heterocycles. The van der Waals surface area contributed by atoms with Crippen molar-refractivity contribution in [3.05, 3.63) is 41.1 Å². The summed E-state index contributed by atoms with van der Waals surface area (Å²) in [6.07, 6.45) is 0. The summed E-state index contributed by atoms with van der Waals surface area (Å²) in [5.41, 5.74) is 6.66. The smallest absolute Gasteiger partial charge is 0.352 e. The summed E-state index contributed by atoms with van der Waals surface area (Å²) >= 11 is 2.34. The first kappa shape index (κ1) is 24.5. The van der Waals surface area contributed by atoms with E-state index in [0.29, 0.717) is 11.1 Å². The minimum absolute atomic E-state index is 0.0186. The molecule has 4 rings (SSSR count). The van der Waals surface area contributed by atoms with Crippen LogP contribution in [-0.2, 0) is 25.7 Å². The van der Waals surface area contributed by atoms with Crippen molar-refractivity contribution >= 4 is 47.3 Å². The molecule has 35 heavy (non-hydrogen) atoms. The third-order valence-corrected chi connectivity index (χ3v) is 7.62. The van der Waals surface area contributed by atoms with Crippen LogP contribution in [0.4, 0.5) is 0 Å². The Kier molecular flexibility index (Phi) is 6.95. The second kappa shape index (κ2) is 9.93. The molecule has 0 saturated carbocycles. The van der Waals surface area contributed by atoms with Gasteiger partial charge >= 0.3 is 11.9 Å². The van der Waals surface area contributed by atoms with Crippen molar-refractivity contribution in [1.82, 2.24) is 30.4 Å². The van der Waals surface area contributed by atoms with Crippen LogP contribution in [0.5, 0.6) is 5.75 Å². The van der Waals surface area contributed by atoms with Gasteiger partial charge in [-0.15, -0.1) is 16.9 Å². The van der Waals surface area contributed by atoms with E-state index in [1.807, 2.05) is 0 Å². The number of hydrogen-bond donors (Lipinski definition) is 5. The van der Waals surface area contributed by atoms with E-state index in [-0.39, 0.29) is 28.1 Å². The van der Waals surface area contributed by atoms with Crippen LogP contribution in [0.25, 0.3) is 0 Å². The molecule has 1 saturated heterocycles. The zero-order valence-corrected chi connectivity index (χ0v) is 19.4. The highest BCUT2D eigenvalue weighted by atomic mass is 32.2. The third kappa shape index (κ3) is 4.94. The number of benzene rings is 1. The maximum absolute atomic E-state index is 12.8. The number of nitrogens with zero attached hydrogens (tertiary/aromatic N) is 5. The van der Waals surface area contributed by atoms with E-state index in [9.17, 15) is 29.4 Å². The Morgan fingerprint density at radius 3 is 2.63 bits per heavy atom. The largest absolute Gasteiger partial charge is 0.508 e. The van der Waals surface area contributed by atoms with Crippen molar-refractivity contribution in [2.24, 2.45) is 5.73 Å². The number of carboxylic acids is 2. The second-order valence-electron chi connectivity index (χ2n) is 7.52. The highest BCUT2D eigenvalue weighted by molar-refractivity contribution is 8.01. The summed E-state index contributed by atoms with van der Waals surface area (Å²) in [6.45, 7) is -0.449.